The Morgan fingerprint density at radius 3 is 2.33 bits per heavy atom. The number of hydrogen-bond donors (Lipinski definition) is 1. The number of Topliss-reactive ketones (excluding diaryl/α,β-unsaturated/α-hetero) is 1. The predicted molar refractivity (Wildman–Crippen MR) is 115 cm³/mol. The Hall–Kier alpha value is -2.56. The number of esters is 1. The molecule has 160 valence electrons. The monoisotopic (exact) mass is 409 g/mol. The summed E-state index contributed by atoms with van der Waals surface area (Å²) in [6.07, 6.45) is 8.95. The van der Waals surface area contributed by atoms with Crippen molar-refractivity contribution < 1.29 is 19.1 Å². The van der Waals surface area contributed by atoms with Gasteiger partial charge in [-0.05, 0) is 68.2 Å². The molecule has 5 heteroatoms. The van der Waals surface area contributed by atoms with Gasteiger partial charge in [-0.2, -0.15) is 0 Å². The van der Waals surface area contributed by atoms with Gasteiger partial charge in [-0.1, -0.05) is 31.4 Å². The van der Waals surface area contributed by atoms with Gasteiger partial charge >= 0.3 is 5.97 Å². The van der Waals surface area contributed by atoms with E-state index in [0.29, 0.717) is 24.1 Å². The predicted octanol–water partition coefficient (Wildman–Crippen LogP) is 5.51. The highest BCUT2D eigenvalue weighted by Gasteiger charge is 2.32. The van der Waals surface area contributed by atoms with Crippen molar-refractivity contribution >= 4 is 11.8 Å². The van der Waals surface area contributed by atoms with Crippen LogP contribution in [0.1, 0.15) is 95.0 Å². The van der Waals surface area contributed by atoms with Crippen molar-refractivity contribution in [3.63, 3.8) is 0 Å². The summed E-state index contributed by atoms with van der Waals surface area (Å²) in [6.45, 7) is 1.86. The molecule has 0 saturated heterocycles. The van der Waals surface area contributed by atoms with E-state index in [1.54, 1.807) is 7.11 Å². The van der Waals surface area contributed by atoms with Crippen molar-refractivity contribution in [1.29, 1.82) is 0 Å². The number of aromatic nitrogens is 1. The Balaban J connectivity index is 1.51. The van der Waals surface area contributed by atoms with Crippen LogP contribution in [0.4, 0.5) is 0 Å². The normalized spacial score (nSPS) is 20.2. The molecule has 30 heavy (non-hydrogen) atoms. The minimum absolute atomic E-state index is 0.0136. The molecule has 1 N–H and O–H groups in total. The molecule has 0 unspecified atom stereocenters. The fourth-order valence-electron chi connectivity index (χ4n) is 4.90. The van der Waals surface area contributed by atoms with Gasteiger partial charge in [-0.15, -0.1) is 0 Å². The van der Waals surface area contributed by atoms with E-state index in [1.807, 2.05) is 31.2 Å². The molecule has 1 atom stereocenters. The number of rotatable bonds is 4. The second kappa shape index (κ2) is 9.07. The van der Waals surface area contributed by atoms with Crippen molar-refractivity contribution in [3.8, 4) is 5.75 Å². The molecule has 0 radical (unpaired) electrons. The van der Waals surface area contributed by atoms with E-state index >= 15 is 0 Å². The molecule has 1 heterocycles. The third kappa shape index (κ3) is 4.30. The summed E-state index contributed by atoms with van der Waals surface area (Å²) in [7, 11) is 1.64. The van der Waals surface area contributed by atoms with Crippen LogP contribution < -0.4 is 4.74 Å². The van der Waals surface area contributed by atoms with Crippen LogP contribution in [-0.2, 0) is 11.2 Å². The maximum atomic E-state index is 12.9. The summed E-state index contributed by atoms with van der Waals surface area (Å²) >= 11 is 0. The zero-order valence-corrected chi connectivity index (χ0v) is 18.0. The summed E-state index contributed by atoms with van der Waals surface area (Å²) in [4.78, 5) is 29.1. The number of H-pyrrole nitrogens is 1. The van der Waals surface area contributed by atoms with Crippen LogP contribution in [0.3, 0.4) is 0 Å². The number of ether oxygens (including phenoxy) is 2. The van der Waals surface area contributed by atoms with Crippen molar-refractivity contribution in [2.24, 2.45) is 0 Å². The number of ketones is 1. The van der Waals surface area contributed by atoms with E-state index in [9.17, 15) is 9.59 Å². The standard InChI is InChI=1S/C25H31NO4/c1-16-23-21(14-18(15-22(23)27)17-10-12-19(29-2)13-11-17)26-24(16)25(28)30-20-8-6-4-3-5-7-9-20/h10-13,18,20,26H,3-9,14-15H2,1-2H3/t18-/m0/s1. The van der Waals surface area contributed by atoms with Crippen molar-refractivity contribution in [1.82, 2.24) is 4.98 Å². The zero-order valence-electron chi connectivity index (χ0n) is 18.0. The van der Waals surface area contributed by atoms with Crippen LogP contribution in [0.5, 0.6) is 5.75 Å². The number of methoxy groups -OCH3 is 1. The van der Waals surface area contributed by atoms with Gasteiger partial charge in [0, 0.05) is 17.7 Å². The molecule has 1 saturated carbocycles. The third-order valence-corrected chi connectivity index (χ3v) is 6.61. The largest absolute Gasteiger partial charge is 0.497 e. The maximum Gasteiger partial charge on any atom is 0.355 e. The molecule has 1 aromatic carbocycles. The highest BCUT2D eigenvalue weighted by atomic mass is 16.5. The van der Waals surface area contributed by atoms with Crippen LogP contribution in [0.25, 0.3) is 0 Å². The van der Waals surface area contributed by atoms with Gasteiger partial charge < -0.3 is 14.5 Å². The lowest BCUT2D eigenvalue weighted by Gasteiger charge is -2.22. The number of aromatic amines is 1. The number of hydrogen-bond acceptors (Lipinski definition) is 4. The van der Waals surface area contributed by atoms with Crippen LogP contribution in [0.15, 0.2) is 24.3 Å². The molecule has 4 rings (SSSR count). The molecule has 0 bridgehead atoms. The lowest BCUT2D eigenvalue weighted by Crippen LogP contribution is -2.20. The first-order chi connectivity index (χ1) is 14.6. The molecule has 1 aromatic heterocycles. The Bertz CT molecular complexity index is 904. The Morgan fingerprint density at radius 1 is 1.00 bits per heavy atom. The van der Waals surface area contributed by atoms with Gasteiger partial charge in [0.15, 0.2) is 5.78 Å². The molecule has 2 aliphatic carbocycles. The average molecular weight is 410 g/mol. The smallest absolute Gasteiger partial charge is 0.355 e. The highest BCUT2D eigenvalue weighted by Crippen LogP contribution is 2.36. The summed E-state index contributed by atoms with van der Waals surface area (Å²) in [5.41, 5.74) is 3.84. The average Bonchev–Trinajstić information content (AvgIpc) is 3.07. The van der Waals surface area contributed by atoms with E-state index in [4.69, 9.17) is 9.47 Å². The summed E-state index contributed by atoms with van der Waals surface area (Å²) in [5.74, 6) is 0.678. The van der Waals surface area contributed by atoms with E-state index < -0.39 is 0 Å². The lowest BCUT2D eigenvalue weighted by molar-refractivity contribution is 0.0232. The van der Waals surface area contributed by atoms with Crippen LogP contribution >= 0.6 is 0 Å². The number of benzene rings is 1. The minimum atomic E-state index is -0.318. The van der Waals surface area contributed by atoms with E-state index in [-0.39, 0.29) is 23.8 Å². The number of carbonyl (C=O) groups excluding carboxylic acids is 2. The molecule has 1 fully saturated rings. The summed E-state index contributed by atoms with van der Waals surface area (Å²) < 4.78 is 11.1. The molecule has 0 spiro atoms. The molecular formula is C25H31NO4. The van der Waals surface area contributed by atoms with Gasteiger partial charge in [0.25, 0.3) is 0 Å². The minimum Gasteiger partial charge on any atom is -0.497 e. The fraction of sp³-hybridized carbons (Fsp3) is 0.520. The first-order valence-electron chi connectivity index (χ1n) is 11.2. The van der Waals surface area contributed by atoms with Crippen molar-refractivity contribution in [2.45, 2.75) is 76.7 Å². The lowest BCUT2D eigenvalue weighted by atomic mass is 9.81. The Labute approximate surface area is 178 Å². The summed E-state index contributed by atoms with van der Waals surface area (Å²) in [6, 6.07) is 7.88. The van der Waals surface area contributed by atoms with Crippen LogP contribution in [0, 0.1) is 6.92 Å². The topological polar surface area (TPSA) is 68.4 Å². The molecule has 2 aliphatic rings. The van der Waals surface area contributed by atoms with Gasteiger partial charge in [-0.25, -0.2) is 4.79 Å². The molecular weight excluding hydrogens is 378 g/mol. The SMILES string of the molecule is COc1ccc([C@@H]2CC(=O)c3c([nH]c(C(=O)OC4CCCCCCC4)c3C)C2)cc1. The first-order valence-corrected chi connectivity index (χ1v) is 11.2. The highest BCUT2D eigenvalue weighted by molar-refractivity contribution is 6.03. The van der Waals surface area contributed by atoms with Crippen LogP contribution in [-0.4, -0.2) is 30.0 Å². The second-order valence-electron chi connectivity index (χ2n) is 8.65. The molecule has 0 aliphatic heterocycles. The Kier molecular flexibility index (Phi) is 6.26. The quantitative estimate of drug-likeness (QED) is 0.676. The van der Waals surface area contributed by atoms with Crippen LogP contribution in [0.2, 0.25) is 0 Å². The fourth-order valence-corrected chi connectivity index (χ4v) is 4.90. The van der Waals surface area contributed by atoms with Gasteiger partial charge in [0.1, 0.15) is 17.5 Å². The first kappa shape index (κ1) is 20.7. The van der Waals surface area contributed by atoms with E-state index in [0.717, 1.165) is 48.3 Å². The van der Waals surface area contributed by atoms with Gasteiger partial charge in [0.05, 0.1) is 7.11 Å². The molecule has 2 aromatic rings. The zero-order chi connectivity index (χ0) is 21.1. The third-order valence-electron chi connectivity index (χ3n) is 6.61. The van der Waals surface area contributed by atoms with E-state index in [1.165, 1.54) is 19.3 Å². The van der Waals surface area contributed by atoms with Crippen molar-refractivity contribution in [2.75, 3.05) is 7.11 Å². The van der Waals surface area contributed by atoms with Gasteiger partial charge in [0.2, 0.25) is 0 Å². The maximum absolute atomic E-state index is 12.9. The van der Waals surface area contributed by atoms with Crippen molar-refractivity contribution in [3.05, 3.63) is 52.3 Å². The molecule has 5 nitrogen and oxygen atoms in total. The van der Waals surface area contributed by atoms with E-state index in [2.05, 4.69) is 4.98 Å². The Morgan fingerprint density at radius 2 is 1.67 bits per heavy atom. The summed E-state index contributed by atoms with van der Waals surface area (Å²) in [5, 5.41) is 0. The second-order valence-corrected chi connectivity index (χ2v) is 8.65. The number of nitrogens with one attached hydrogen (secondary N) is 1. The molecule has 0 amide bonds. The number of fused-ring (bicyclic) bond motifs is 1. The van der Waals surface area contributed by atoms with Gasteiger partial charge in [-0.3, -0.25) is 4.79 Å². The number of carbonyl (C=O) groups is 2.